The number of benzene rings is 2. The molecule has 0 aliphatic rings. The summed E-state index contributed by atoms with van der Waals surface area (Å²) < 4.78 is 5.69. The van der Waals surface area contributed by atoms with Crippen LogP contribution in [0.5, 0.6) is 5.75 Å². The molecule has 3 N–H and O–H groups in total. The van der Waals surface area contributed by atoms with E-state index in [0.29, 0.717) is 6.61 Å². The van der Waals surface area contributed by atoms with Gasteiger partial charge in [0.25, 0.3) is 0 Å². The Labute approximate surface area is 114 Å². The van der Waals surface area contributed by atoms with Crippen LogP contribution in [0.25, 0.3) is 0 Å². The zero-order chi connectivity index (χ0) is 13.7. The quantitative estimate of drug-likeness (QED) is 0.638. The second-order valence-corrected chi connectivity index (χ2v) is 4.43. The van der Waals surface area contributed by atoms with E-state index >= 15 is 0 Å². The Balaban J connectivity index is 2.45. The first-order valence-corrected chi connectivity index (χ1v) is 6.51. The van der Waals surface area contributed by atoms with Gasteiger partial charge in [-0.25, -0.2) is 5.43 Å². The second-order valence-electron chi connectivity index (χ2n) is 4.43. The molecule has 2 aromatic carbocycles. The highest BCUT2D eigenvalue weighted by atomic mass is 16.5. The first kappa shape index (κ1) is 13.6. The molecule has 0 fully saturated rings. The SMILES string of the molecule is CCOc1ccccc1C(NN)c1ccccc1C. The molecule has 0 aliphatic heterocycles. The van der Waals surface area contributed by atoms with Gasteiger partial charge in [0.1, 0.15) is 5.75 Å². The van der Waals surface area contributed by atoms with Crippen molar-refractivity contribution in [2.24, 2.45) is 5.84 Å². The molecule has 0 spiro atoms. The van der Waals surface area contributed by atoms with E-state index in [9.17, 15) is 0 Å². The molecule has 0 saturated heterocycles. The third kappa shape index (κ3) is 2.95. The molecule has 3 heteroatoms. The molecule has 100 valence electrons. The van der Waals surface area contributed by atoms with Gasteiger partial charge in [0.2, 0.25) is 0 Å². The molecule has 0 aromatic heterocycles. The zero-order valence-corrected chi connectivity index (χ0v) is 11.4. The normalized spacial score (nSPS) is 12.2. The Kier molecular flexibility index (Phi) is 4.55. The van der Waals surface area contributed by atoms with E-state index in [1.807, 2.05) is 43.3 Å². The van der Waals surface area contributed by atoms with Gasteiger partial charge in [-0.3, -0.25) is 5.84 Å². The molecule has 1 atom stereocenters. The first-order valence-electron chi connectivity index (χ1n) is 6.51. The number of hydrogen-bond acceptors (Lipinski definition) is 3. The minimum atomic E-state index is -0.0658. The number of nitrogens with one attached hydrogen (secondary N) is 1. The van der Waals surface area contributed by atoms with Gasteiger partial charge in [-0.05, 0) is 31.0 Å². The summed E-state index contributed by atoms with van der Waals surface area (Å²) in [5.41, 5.74) is 6.32. The van der Waals surface area contributed by atoms with Crippen molar-refractivity contribution in [3.8, 4) is 5.75 Å². The van der Waals surface area contributed by atoms with E-state index in [-0.39, 0.29) is 6.04 Å². The Morgan fingerprint density at radius 2 is 1.68 bits per heavy atom. The lowest BCUT2D eigenvalue weighted by Gasteiger charge is -2.21. The number of para-hydroxylation sites is 1. The average Bonchev–Trinajstić information content (AvgIpc) is 2.44. The van der Waals surface area contributed by atoms with Crippen LogP contribution in [0.15, 0.2) is 48.5 Å². The molecule has 3 nitrogen and oxygen atoms in total. The minimum Gasteiger partial charge on any atom is -0.494 e. The summed E-state index contributed by atoms with van der Waals surface area (Å²) in [6, 6.07) is 16.1. The second kappa shape index (κ2) is 6.36. The standard InChI is InChI=1S/C16H20N2O/c1-3-19-15-11-7-6-10-14(15)16(18-17)13-9-5-4-8-12(13)2/h4-11,16,18H,3,17H2,1-2H3. The van der Waals surface area contributed by atoms with Crippen molar-refractivity contribution in [3.05, 3.63) is 65.2 Å². The Morgan fingerprint density at radius 1 is 1.05 bits per heavy atom. The summed E-state index contributed by atoms with van der Waals surface area (Å²) in [6.07, 6.45) is 0. The number of hydrazine groups is 1. The van der Waals surface area contributed by atoms with E-state index in [0.717, 1.165) is 16.9 Å². The highest BCUT2D eigenvalue weighted by molar-refractivity contribution is 5.43. The summed E-state index contributed by atoms with van der Waals surface area (Å²) >= 11 is 0. The molecule has 0 heterocycles. The van der Waals surface area contributed by atoms with E-state index in [1.165, 1.54) is 5.56 Å². The van der Waals surface area contributed by atoms with Crippen molar-refractivity contribution in [2.75, 3.05) is 6.61 Å². The van der Waals surface area contributed by atoms with Gasteiger partial charge in [-0.1, -0.05) is 42.5 Å². The molecular formula is C16H20N2O. The predicted octanol–water partition coefficient (Wildman–Crippen LogP) is 2.95. The molecule has 0 bridgehead atoms. The van der Waals surface area contributed by atoms with Crippen LogP contribution in [0.2, 0.25) is 0 Å². The van der Waals surface area contributed by atoms with Crippen LogP contribution in [-0.2, 0) is 0 Å². The fourth-order valence-electron chi connectivity index (χ4n) is 2.26. The maximum atomic E-state index is 5.77. The number of ether oxygens (including phenoxy) is 1. The van der Waals surface area contributed by atoms with Crippen LogP contribution in [0, 0.1) is 6.92 Å². The fraction of sp³-hybridized carbons (Fsp3) is 0.250. The predicted molar refractivity (Wildman–Crippen MR) is 78.0 cm³/mol. The van der Waals surface area contributed by atoms with E-state index in [1.54, 1.807) is 0 Å². The lowest BCUT2D eigenvalue weighted by molar-refractivity contribution is 0.333. The van der Waals surface area contributed by atoms with Gasteiger partial charge in [0.15, 0.2) is 0 Å². The molecule has 0 aliphatic carbocycles. The lowest BCUT2D eigenvalue weighted by atomic mass is 9.95. The fourth-order valence-corrected chi connectivity index (χ4v) is 2.26. The van der Waals surface area contributed by atoms with Crippen LogP contribution < -0.4 is 16.0 Å². The number of hydrogen-bond donors (Lipinski definition) is 2. The van der Waals surface area contributed by atoms with Gasteiger partial charge < -0.3 is 4.74 Å². The molecule has 19 heavy (non-hydrogen) atoms. The van der Waals surface area contributed by atoms with E-state index in [2.05, 4.69) is 24.5 Å². The van der Waals surface area contributed by atoms with Gasteiger partial charge >= 0.3 is 0 Å². The minimum absolute atomic E-state index is 0.0658. The first-order chi connectivity index (χ1) is 9.27. The maximum Gasteiger partial charge on any atom is 0.124 e. The topological polar surface area (TPSA) is 47.3 Å². The van der Waals surface area contributed by atoms with Crippen LogP contribution in [-0.4, -0.2) is 6.61 Å². The summed E-state index contributed by atoms with van der Waals surface area (Å²) in [4.78, 5) is 0. The van der Waals surface area contributed by atoms with Gasteiger partial charge in [-0.2, -0.15) is 0 Å². The summed E-state index contributed by atoms with van der Waals surface area (Å²) in [5, 5.41) is 0. The van der Waals surface area contributed by atoms with Crippen molar-refractivity contribution in [3.63, 3.8) is 0 Å². The summed E-state index contributed by atoms with van der Waals surface area (Å²) in [6.45, 7) is 4.71. The summed E-state index contributed by atoms with van der Waals surface area (Å²) in [7, 11) is 0. The average molecular weight is 256 g/mol. The Hall–Kier alpha value is -1.84. The Bertz CT molecular complexity index is 540. The Morgan fingerprint density at radius 3 is 2.32 bits per heavy atom. The monoisotopic (exact) mass is 256 g/mol. The van der Waals surface area contributed by atoms with Gasteiger partial charge in [0, 0.05) is 5.56 Å². The van der Waals surface area contributed by atoms with Crippen molar-refractivity contribution < 1.29 is 4.74 Å². The number of aryl methyl sites for hydroxylation is 1. The van der Waals surface area contributed by atoms with Crippen molar-refractivity contribution in [2.45, 2.75) is 19.9 Å². The lowest BCUT2D eigenvalue weighted by Crippen LogP contribution is -2.29. The number of nitrogens with two attached hydrogens (primary N) is 1. The van der Waals surface area contributed by atoms with Crippen LogP contribution >= 0.6 is 0 Å². The highest BCUT2D eigenvalue weighted by Gasteiger charge is 2.17. The highest BCUT2D eigenvalue weighted by Crippen LogP contribution is 2.30. The maximum absolute atomic E-state index is 5.77. The third-order valence-corrected chi connectivity index (χ3v) is 3.20. The molecule has 2 rings (SSSR count). The molecule has 0 radical (unpaired) electrons. The van der Waals surface area contributed by atoms with E-state index < -0.39 is 0 Å². The molecule has 2 aromatic rings. The third-order valence-electron chi connectivity index (χ3n) is 3.20. The van der Waals surface area contributed by atoms with E-state index in [4.69, 9.17) is 10.6 Å². The van der Waals surface area contributed by atoms with Crippen molar-refractivity contribution >= 4 is 0 Å². The molecule has 0 amide bonds. The molecular weight excluding hydrogens is 236 g/mol. The molecule has 1 unspecified atom stereocenters. The van der Waals surface area contributed by atoms with Crippen LogP contribution in [0.1, 0.15) is 29.7 Å². The van der Waals surface area contributed by atoms with Gasteiger partial charge in [-0.15, -0.1) is 0 Å². The van der Waals surface area contributed by atoms with Crippen molar-refractivity contribution in [1.29, 1.82) is 0 Å². The zero-order valence-electron chi connectivity index (χ0n) is 11.4. The molecule has 0 saturated carbocycles. The van der Waals surface area contributed by atoms with Gasteiger partial charge in [0.05, 0.1) is 12.6 Å². The van der Waals surface area contributed by atoms with Crippen LogP contribution in [0.3, 0.4) is 0 Å². The number of rotatable bonds is 5. The largest absolute Gasteiger partial charge is 0.494 e. The van der Waals surface area contributed by atoms with Crippen molar-refractivity contribution in [1.82, 2.24) is 5.43 Å². The summed E-state index contributed by atoms with van der Waals surface area (Å²) in [5.74, 6) is 6.64. The van der Waals surface area contributed by atoms with Crippen LogP contribution in [0.4, 0.5) is 0 Å². The smallest absolute Gasteiger partial charge is 0.124 e.